The first-order valence-electron chi connectivity index (χ1n) is 12.0. The first-order chi connectivity index (χ1) is 16.1. The summed E-state index contributed by atoms with van der Waals surface area (Å²) in [5.41, 5.74) is 3.37. The Labute approximate surface area is 195 Å². The van der Waals surface area contributed by atoms with Gasteiger partial charge in [0.25, 0.3) is 5.91 Å². The van der Waals surface area contributed by atoms with Crippen molar-refractivity contribution in [3.05, 3.63) is 60.4 Å². The van der Waals surface area contributed by atoms with E-state index < -0.39 is 0 Å². The van der Waals surface area contributed by atoms with E-state index in [1.54, 1.807) is 12.4 Å². The van der Waals surface area contributed by atoms with Crippen molar-refractivity contribution in [2.75, 3.05) is 32.7 Å². The van der Waals surface area contributed by atoms with Gasteiger partial charge in [-0.15, -0.1) is 0 Å². The Balaban J connectivity index is 1.31. The molecule has 6 heteroatoms. The summed E-state index contributed by atoms with van der Waals surface area (Å²) in [6.45, 7) is 9.03. The fourth-order valence-corrected chi connectivity index (χ4v) is 5.31. The fourth-order valence-electron chi connectivity index (χ4n) is 5.31. The highest BCUT2D eigenvalue weighted by atomic mass is 16.5. The molecule has 33 heavy (non-hydrogen) atoms. The maximum Gasteiger partial charge on any atom is 0.254 e. The molecule has 6 nitrogen and oxygen atoms in total. The Morgan fingerprint density at radius 2 is 1.73 bits per heavy atom. The topological polar surface area (TPSA) is 58.6 Å². The lowest BCUT2D eigenvalue weighted by atomic mass is 9.94. The van der Waals surface area contributed by atoms with Crippen molar-refractivity contribution in [2.24, 2.45) is 5.92 Å². The van der Waals surface area contributed by atoms with Gasteiger partial charge in [0.2, 0.25) is 0 Å². The van der Waals surface area contributed by atoms with E-state index in [2.05, 4.69) is 23.7 Å². The molecule has 0 aliphatic carbocycles. The second-order valence-corrected chi connectivity index (χ2v) is 9.52. The van der Waals surface area contributed by atoms with Crippen LogP contribution < -0.4 is 0 Å². The summed E-state index contributed by atoms with van der Waals surface area (Å²) in [6, 6.07) is 13.7. The van der Waals surface area contributed by atoms with Gasteiger partial charge in [0.1, 0.15) is 0 Å². The van der Waals surface area contributed by atoms with Crippen LogP contribution in [0, 0.1) is 5.92 Å². The Kier molecular flexibility index (Phi) is 6.38. The van der Waals surface area contributed by atoms with E-state index in [1.165, 1.54) is 0 Å². The number of likely N-dealkylation sites (tertiary alicyclic amines) is 1. The molecule has 2 aliphatic heterocycles. The summed E-state index contributed by atoms with van der Waals surface area (Å²) < 4.78 is 5.88. The minimum atomic E-state index is 0.107. The third-order valence-corrected chi connectivity index (χ3v) is 6.84. The molecule has 2 atom stereocenters. The van der Waals surface area contributed by atoms with Gasteiger partial charge in [-0.2, -0.15) is 0 Å². The van der Waals surface area contributed by atoms with E-state index in [4.69, 9.17) is 9.72 Å². The highest BCUT2D eigenvalue weighted by molar-refractivity contribution is 6.07. The van der Waals surface area contributed by atoms with Gasteiger partial charge in [-0.1, -0.05) is 18.2 Å². The number of pyridine rings is 2. The number of rotatable bonds is 4. The van der Waals surface area contributed by atoms with Crippen LogP contribution in [0.25, 0.3) is 22.2 Å². The van der Waals surface area contributed by atoms with Crippen LogP contribution >= 0.6 is 0 Å². The Hall–Kier alpha value is -2.83. The Bertz CT molecular complexity index is 1100. The molecule has 0 N–H and O–H groups in total. The molecule has 2 saturated heterocycles. The molecule has 172 valence electrons. The summed E-state index contributed by atoms with van der Waals surface area (Å²) in [4.78, 5) is 27.1. The van der Waals surface area contributed by atoms with Crippen LogP contribution in [0.5, 0.6) is 0 Å². The largest absolute Gasteiger partial charge is 0.373 e. The van der Waals surface area contributed by atoms with Crippen molar-refractivity contribution >= 4 is 16.8 Å². The number of carbonyl (C=O) groups excluding carboxylic acids is 1. The average Bonchev–Trinajstić information content (AvgIpc) is 2.83. The lowest BCUT2D eigenvalue weighted by molar-refractivity contribution is -0.0728. The van der Waals surface area contributed by atoms with Crippen LogP contribution in [0.3, 0.4) is 0 Å². The van der Waals surface area contributed by atoms with Crippen LogP contribution in [0.1, 0.15) is 37.0 Å². The minimum absolute atomic E-state index is 0.107. The highest BCUT2D eigenvalue weighted by Gasteiger charge is 2.29. The van der Waals surface area contributed by atoms with Crippen LogP contribution in [0.15, 0.2) is 54.9 Å². The maximum atomic E-state index is 13.6. The molecule has 5 rings (SSSR count). The highest BCUT2D eigenvalue weighted by Crippen LogP contribution is 2.28. The molecule has 3 aromatic rings. The Morgan fingerprint density at radius 1 is 1.03 bits per heavy atom. The van der Waals surface area contributed by atoms with E-state index >= 15 is 0 Å². The zero-order chi connectivity index (χ0) is 22.8. The number of ether oxygens (including phenoxy) is 1. The number of morpholine rings is 1. The van der Waals surface area contributed by atoms with Gasteiger partial charge in [0.05, 0.1) is 29.0 Å². The number of hydrogen-bond acceptors (Lipinski definition) is 5. The van der Waals surface area contributed by atoms with Crippen molar-refractivity contribution in [2.45, 2.75) is 38.9 Å². The average molecular weight is 445 g/mol. The molecule has 1 amide bonds. The van der Waals surface area contributed by atoms with Gasteiger partial charge in [-0.25, -0.2) is 4.98 Å². The minimum Gasteiger partial charge on any atom is -0.373 e. The van der Waals surface area contributed by atoms with Crippen molar-refractivity contribution in [3.8, 4) is 11.3 Å². The molecule has 0 spiro atoms. The van der Waals surface area contributed by atoms with Gasteiger partial charge in [-0.3, -0.25) is 14.7 Å². The lowest BCUT2D eigenvalue weighted by Gasteiger charge is -2.39. The third-order valence-electron chi connectivity index (χ3n) is 6.84. The lowest BCUT2D eigenvalue weighted by Crippen LogP contribution is -2.48. The van der Waals surface area contributed by atoms with Crippen molar-refractivity contribution < 1.29 is 9.53 Å². The zero-order valence-corrected chi connectivity index (χ0v) is 19.5. The summed E-state index contributed by atoms with van der Waals surface area (Å²) in [5, 5.41) is 0.915. The SMILES string of the molecule is CC1CN(CC2CCN(C(=O)c3cc(-c4ccncc4)nc4ccccc34)CC2)CC(C)O1. The number of piperidine rings is 1. The monoisotopic (exact) mass is 444 g/mol. The van der Waals surface area contributed by atoms with E-state index in [-0.39, 0.29) is 5.91 Å². The van der Waals surface area contributed by atoms with Crippen molar-refractivity contribution in [1.82, 2.24) is 19.8 Å². The van der Waals surface area contributed by atoms with Crippen LogP contribution in [-0.2, 0) is 4.74 Å². The fraction of sp³-hybridized carbons (Fsp3) is 0.444. The van der Waals surface area contributed by atoms with Crippen LogP contribution in [-0.4, -0.2) is 70.6 Å². The molecule has 4 heterocycles. The zero-order valence-electron chi connectivity index (χ0n) is 19.5. The molecule has 0 radical (unpaired) electrons. The van der Waals surface area contributed by atoms with Gasteiger partial charge >= 0.3 is 0 Å². The van der Waals surface area contributed by atoms with Crippen molar-refractivity contribution in [1.29, 1.82) is 0 Å². The molecular formula is C27H32N4O2. The molecule has 0 bridgehead atoms. The summed E-state index contributed by atoms with van der Waals surface area (Å²) in [6.07, 6.45) is 6.20. The van der Waals surface area contributed by atoms with Crippen LogP contribution in [0.2, 0.25) is 0 Å². The van der Waals surface area contributed by atoms with Gasteiger partial charge in [-0.05, 0) is 56.9 Å². The number of amides is 1. The van der Waals surface area contributed by atoms with Gasteiger partial charge < -0.3 is 9.64 Å². The number of para-hydroxylation sites is 1. The smallest absolute Gasteiger partial charge is 0.254 e. The number of benzene rings is 1. The second kappa shape index (κ2) is 9.57. The molecular weight excluding hydrogens is 412 g/mol. The summed E-state index contributed by atoms with van der Waals surface area (Å²) in [5.74, 6) is 0.740. The van der Waals surface area contributed by atoms with Gasteiger partial charge in [0, 0.05) is 56.1 Å². The summed E-state index contributed by atoms with van der Waals surface area (Å²) in [7, 11) is 0. The third kappa shape index (κ3) is 4.92. The normalized spacial score (nSPS) is 22.5. The Morgan fingerprint density at radius 3 is 2.45 bits per heavy atom. The van der Waals surface area contributed by atoms with Crippen molar-refractivity contribution in [3.63, 3.8) is 0 Å². The predicted molar refractivity (Wildman–Crippen MR) is 130 cm³/mol. The molecule has 2 fully saturated rings. The predicted octanol–water partition coefficient (Wildman–Crippen LogP) is 4.26. The van der Waals surface area contributed by atoms with Crippen LogP contribution in [0.4, 0.5) is 0 Å². The number of hydrogen-bond donors (Lipinski definition) is 0. The number of carbonyl (C=O) groups is 1. The van der Waals surface area contributed by atoms with E-state index in [9.17, 15) is 4.79 Å². The molecule has 1 aromatic carbocycles. The standard InChI is InChI=1S/C27H32N4O2/c1-19-16-30(17-20(2)33-19)18-21-9-13-31(14-10-21)27(32)24-15-26(22-7-11-28-12-8-22)29-25-6-4-3-5-23(24)25/h3-8,11-12,15,19-21H,9-10,13-14,16-18H2,1-2H3. The maximum absolute atomic E-state index is 13.6. The molecule has 2 aliphatic rings. The molecule has 0 saturated carbocycles. The second-order valence-electron chi connectivity index (χ2n) is 9.52. The number of aromatic nitrogens is 2. The van der Waals surface area contributed by atoms with E-state index in [0.717, 1.165) is 73.3 Å². The number of fused-ring (bicyclic) bond motifs is 1. The number of nitrogens with zero attached hydrogens (tertiary/aromatic N) is 4. The first-order valence-corrected chi connectivity index (χ1v) is 12.0. The first kappa shape index (κ1) is 22.0. The molecule has 2 unspecified atom stereocenters. The molecule has 2 aromatic heterocycles. The quantitative estimate of drug-likeness (QED) is 0.602. The van der Waals surface area contributed by atoms with E-state index in [1.807, 2.05) is 47.4 Å². The van der Waals surface area contributed by atoms with Gasteiger partial charge in [0.15, 0.2) is 0 Å². The van der Waals surface area contributed by atoms with E-state index in [0.29, 0.717) is 18.1 Å². The summed E-state index contributed by atoms with van der Waals surface area (Å²) >= 11 is 0.